The molecule has 100 valence electrons. The Labute approximate surface area is 113 Å². The molecule has 0 bridgehead atoms. The van der Waals surface area contributed by atoms with Crippen LogP contribution in [0.15, 0.2) is 18.2 Å². The van der Waals surface area contributed by atoms with Crippen LogP contribution < -0.4 is 5.32 Å². The molecule has 0 radical (unpaired) electrons. The number of para-hydroxylation sites is 1. The van der Waals surface area contributed by atoms with Crippen LogP contribution in [0.2, 0.25) is 5.02 Å². The van der Waals surface area contributed by atoms with Crippen molar-refractivity contribution < 1.29 is 9.53 Å². The zero-order chi connectivity index (χ0) is 13.8. The Morgan fingerprint density at radius 1 is 1.39 bits per heavy atom. The summed E-state index contributed by atoms with van der Waals surface area (Å²) in [7, 11) is 0. The first-order valence-corrected chi connectivity index (χ1v) is 6.38. The van der Waals surface area contributed by atoms with E-state index in [2.05, 4.69) is 5.32 Å². The molecule has 4 heteroatoms. The molecule has 0 saturated carbocycles. The molecule has 0 aliphatic carbocycles. The second kappa shape index (κ2) is 6.10. The fraction of sp³-hybridized carbons (Fsp3) is 0.500. The number of halogens is 1. The van der Waals surface area contributed by atoms with E-state index in [9.17, 15) is 4.79 Å². The summed E-state index contributed by atoms with van der Waals surface area (Å²) in [5, 5.41) is 3.83. The first-order chi connectivity index (χ1) is 8.29. The van der Waals surface area contributed by atoms with Crippen LogP contribution >= 0.6 is 11.6 Å². The van der Waals surface area contributed by atoms with Gasteiger partial charge in [0.2, 0.25) is 0 Å². The van der Waals surface area contributed by atoms with Gasteiger partial charge in [0.1, 0.15) is 5.60 Å². The normalized spacial score (nSPS) is 11.2. The fourth-order valence-corrected chi connectivity index (χ4v) is 1.83. The van der Waals surface area contributed by atoms with E-state index in [1.807, 2.05) is 45.9 Å². The third kappa shape index (κ3) is 4.96. The third-order valence-electron chi connectivity index (χ3n) is 2.27. The van der Waals surface area contributed by atoms with Gasteiger partial charge in [-0.2, -0.15) is 0 Å². The molecule has 0 atom stereocenters. The minimum absolute atomic E-state index is 0.209. The van der Waals surface area contributed by atoms with Gasteiger partial charge < -0.3 is 10.1 Å². The Bertz CT molecular complexity index is 404. The lowest BCUT2D eigenvalue weighted by Gasteiger charge is -2.19. The monoisotopic (exact) mass is 269 g/mol. The van der Waals surface area contributed by atoms with Crippen molar-refractivity contribution in [1.82, 2.24) is 0 Å². The first-order valence-electron chi connectivity index (χ1n) is 6.00. The SMILES string of the molecule is Cc1cccc(Cl)c1NCCC(=O)OC(C)(C)C. The van der Waals surface area contributed by atoms with Gasteiger partial charge in [0.05, 0.1) is 17.1 Å². The first kappa shape index (κ1) is 14.8. The summed E-state index contributed by atoms with van der Waals surface area (Å²) in [6, 6.07) is 5.70. The lowest BCUT2D eigenvalue weighted by molar-refractivity contribution is -0.154. The van der Waals surface area contributed by atoms with Crippen molar-refractivity contribution in [3.05, 3.63) is 28.8 Å². The highest BCUT2D eigenvalue weighted by atomic mass is 35.5. The average molecular weight is 270 g/mol. The standard InChI is InChI=1S/C14H20ClNO2/c1-10-6-5-7-11(15)13(10)16-9-8-12(17)18-14(2,3)4/h5-7,16H,8-9H2,1-4H3. The molecule has 0 unspecified atom stereocenters. The van der Waals surface area contributed by atoms with Gasteiger partial charge >= 0.3 is 5.97 Å². The molecule has 1 aromatic carbocycles. The van der Waals surface area contributed by atoms with E-state index in [1.54, 1.807) is 0 Å². The van der Waals surface area contributed by atoms with E-state index in [0.29, 0.717) is 18.0 Å². The van der Waals surface area contributed by atoms with E-state index >= 15 is 0 Å². The molecule has 0 aromatic heterocycles. The van der Waals surface area contributed by atoms with Gasteiger partial charge in [-0.05, 0) is 39.3 Å². The summed E-state index contributed by atoms with van der Waals surface area (Å²) in [5.74, 6) is -0.209. The second-order valence-corrected chi connectivity index (χ2v) is 5.60. The van der Waals surface area contributed by atoms with Gasteiger partial charge in [-0.25, -0.2) is 0 Å². The highest BCUT2D eigenvalue weighted by molar-refractivity contribution is 6.33. The van der Waals surface area contributed by atoms with Crippen molar-refractivity contribution in [2.75, 3.05) is 11.9 Å². The summed E-state index contributed by atoms with van der Waals surface area (Å²) in [4.78, 5) is 11.5. The van der Waals surface area contributed by atoms with Crippen molar-refractivity contribution in [2.24, 2.45) is 0 Å². The van der Waals surface area contributed by atoms with Gasteiger partial charge in [0.25, 0.3) is 0 Å². The maximum atomic E-state index is 11.5. The van der Waals surface area contributed by atoms with Crippen molar-refractivity contribution in [1.29, 1.82) is 0 Å². The summed E-state index contributed by atoms with van der Waals surface area (Å²) in [6.07, 6.45) is 0.321. The summed E-state index contributed by atoms with van der Waals surface area (Å²) >= 11 is 6.07. The largest absolute Gasteiger partial charge is 0.460 e. The minimum Gasteiger partial charge on any atom is -0.460 e. The zero-order valence-electron chi connectivity index (χ0n) is 11.3. The van der Waals surface area contributed by atoms with E-state index < -0.39 is 5.60 Å². The number of ether oxygens (including phenoxy) is 1. The molecule has 3 nitrogen and oxygen atoms in total. The maximum Gasteiger partial charge on any atom is 0.308 e. The number of hydrogen-bond acceptors (Lipinski definition) is 3. The molecule has 0 saturated heterocycles. The van der Waals surface area contributed by atoms with Gasteiger partial charge in [-0.3, -0.25) is 4.79 Å². The predicted molar refractivity (Wildman–Crippen MR) is 75.1 cm³/mol. The molecule has 0 spiro atoms. The number of hydrogen-bond donors (Lipinski definition) is 1. The van der Waals surface area contributed by atoms with Gasteiger partial charge in [0.15, 0.2) is 0 Å². The Kier molecular flexibility index (Phi) is 5.03. The number of esters is 1. The van der Waals surface area contributed by atoms with Gasteiger partial charge in [0, 0.05) is 6.54 Å². The number of rotatable bonds is 4. The van der Waals surface area contributed by atoms with Crippen LogP contribution in [0, 0.1) is 6.92 Å². The molecule has 1 aromatic rings. The van der Waals surface area contributed by atoms with E-state index in [4.69, 9.17) is 16.3 Å². The summed E-state index contributed by atoms with van der Waals surface area (Å²) < 4.78 is 5.22. The molecular formula is C14H20ClNO2. The van der Waals surface area contributed by atoms with Crippen molar-refractivity contribution >= 4 is 23.3 Å². The third-order valence-corrected chi connectivity index (χ3v) is 2.59. The molecule has 0 aliphatic rings. The van der Waals surface area contributed by atoms with Crippen LogP contribution in [0.4, 0.5) is 5.69 Å². The van der Waals surface area contributed by atoms with Crippen LogP contribution in [-0.4, -0.2) is 18.1 Å². The van der Waals surface area contributed by atoms with E-state index in [-0.39, 0.29) is 5.97 Å². The van der Waals surface area contributed by atoms with E-state index in [0.717, 1.165) is 11.3 Å². The number of anilines is 1. The van der Waals surface area contributed by atoms with Gasteiger partial charge in [-0.15, -0.1) is 0 Å². The molecule has 0 amide bonds. The summed E-state index contributed by atoms with van der Waals surface area (Å²) in [6.45, 7) is 8.06. The minimum atomic E-state index is -0.433. The van der Waals surface area contributed by atoms with Crippen LogP contribution in [0.3, 0.4) is 0 Å². The summed E-state index contributed by atoms with van der Waals surface area (Å²) in [5.41, 5.74) is 1.51. The fourth-order valence-electron chi connectivity index (χ4n) is 1.54. The second-order valence-electron chi connectivity index (χ2n) is 5.19. The number of carbonyl (C=O) groups is 1. The predicted octanol–water partition coefficient (Wildman–Crippen LogP) is 3.79. The lowest BCUT2D eigenvalue weighted by atomic mass is 10.2. The quantitative estimate of drug-likeness (QED) is 0.845. The van der Waals surface area contributed by atoms with Gasteiger partial charge in [-0.1, -0.05) is 23.7 Å². The van der Waals surface area contributed by atoms with Crippen LogP contribution in [-0.2, 0) is 9.53 Å². The number of aryl methyl sites for hydroxylation is 1. The molecule has 1 N–H and O–H groups in total. The highest BCUT2D eigenvalue weighted by Gasteiger charge is 2.15. The molecular weight excluding hydrogens is 250 g/mol. The molecule has 18 heavy (non-hydrogen) atoms. The Morgan fingerprint density at radius 3 is 2.61 bits per heavy atom. The van der Waals surface area contributed by atoms with E-state index in [1.165, 1.54) is 0 Å². The number of carbonyl (C=O) groups excluding carboxylic acids is 1. The Hall–Kier alpha value is -1.22. The van der Waals surface area contributed by atoms with Crippen molar-refractivity contribution in [2.45, 2.75) is 39.7 Å². The molecule has 1 rings (SSSR count). The Balaban J connectivity index is 2.45. The average Bonchev–Trinajstić information content (AvgIpc) is 2.19. The smallest absolute Gasteiger partial charge is 0.308 e. The number of benzene rings is 1. The zero-order valence-corrected chi connectivity index (χ0v) is 12.1. The number of nitrogens with one attached hydrogen (secondary N) is 1. The van der Waals surface area contributed by atoms with Crippen molar-refractivity contribution in [3.63, 3.8) is 0 Å². The highest BCUT2D eigenvalue weighted by Crippen LogP contribution is 2.25. The lowest BCUT2D eigenvalue weighted by Crippen LogP contribution is -2.25. The van der Waals surface area contributed by atoms with Crippen molar-refractivity contribution in [3.8, 4) is 0 Å². The topological polar surface area (TPSA) is 38.3 Å². The maximum absolute atomic E-state index is 11.5. The molecule has 0 aliphatic heterocycles. The Morgan fingerprint density at radius 2 is 2.06 bits per heavy atom. The van der Waals surface area contributed by atoms with Crippen LogP contribution in [0.5, 0.6) is 0 Å². The molecule has 0 heterocycles. The van der Waals surface area contributed by atoms with Crippen LogP contribution in [0.1, 0.15) is 32.8 Å². The van der Waals surface area contributed by atoms with Crippen LogP contribution in [0.25, 0.3) is 0 Å². The molecule has 0 fully saturated rings.